The molecule has 190 valence electrons. The highest BCUT2D eigenvalue weighted by Gasteiger charge is 2.32. The predicted octanol–water partition coefficient (Wildman–Crippen LogP) is -1.76. The molecule has 1 aromatic carbocycles. The zero-order valence-corrected chi connectivity index (χ0v) is 19.6. The molecule has 0 unspecified atom stereocenters. The van der Waals surface area contributed by atoms with Gasteiger partial charge in [-0.05, 0) is 18.6 Å². The van der Waals surface area contributed by atoms with Crippen LogP contribution in [0.2, 0.25) is 0 Å². The maximum atomic E-state index is 13.4. The van der Waals surface area contributed by atoms with Crippen LogP contribution in [0.1, 0.15) is 30.1 Å². The van der Waals surface area contributed by atoms with Gasteiger partial charge in [-0.25, -0.2) is 0 Å². The van der Waals surface area contributed by atoms with Gasteiger partial charge in [-0.1, -0.05) is 12.1 Å². The van der Waals surface area contributed by atoms with Crippen molar-refractivity contribution in [3.05, 3.63) is 29.8 Å². The first kappa shape index (κ1) is 25.9. The van der Waals surface area contributed by atoms with E-state index in [2.05, 4.69) is 16.0 Å². The second kappa shape index (κ2) is 12.2. The van der Waals surface area contributed by atoms with Gasteiger partial charge < -0.3 is 35.6 Å². The number of fused-ring (bicyclic) bond motifs is 1. The summed E-state index contributed by atoms with van der Waals surface area (Å²) in [5, 5.41) is 17.2. The van der Waals surface area contributed by atoms with Crippen LogP contribution in [0.5, 0.6) is 5.75 Å². The van der Waals surface area contributed by atoms with E-state index >= 15 is 0 Å². The summed E-state index contributed by atoms with van der Waals surface area (Å²) < 4.78 is 5.65. The van der Waals surface area contributed by atoms with E-state index in [0.29, 0.717) is 26.1 Å². The Morgan fingerprint density at radius 1 is 1.06 bits per heavy atom. The number of nitrogens with one attached hydrogen (secondary N) is 3. The quantitative estimate of drug-likeness (QED) is 0.383. The Labute approximate surface area is 203 Å². The van der Waals surface area contributed by atoms with Gasteiger partial charge in [-0.15, -0.1) is 0 Å². The molecule has 0 aromatic heterocycles. The molecule has 2 atom stereocenters. The number of aliphatic hydroxyl groups is 1. The number of hydrogen-bond acceptors (Lipinski definition) is 7. The van der Waals surface area contributed by atoms with Crippen molar-refractivity contribution in [3.8, 4) is 5.75 Å². The molecule has 2 aliphatic heterocycles. The van der Waals surface area contributed by atoms with Crippen LogP contribution in [0.4, 0.5) is 0 Å². The summed E-state index contributed by atoms with van der Waals surface area (Å²) in [6.45, 7) is 2.43. The molecule has 1 aromatic rings. The Bertz CT molecular complexity index is 969. The SMILES string of the molecule is CC(=O)N1CCCN(C(=O)[C@@H]2CC(=O)N[C@@H](CO)C(=O)NCCOc3ccccc3C(=O)N2)CC1. The van der Waals surface area contributed by atoms with Crippen molar-refractivity contribution in [2.24, 2.45) is 0 Å². The minimum atomic E-state index is -1.23. The third kappa shape index (κ3) is 6.92. The van der Waals surface area contributed by atoms with Crippen molar-refractivity contribution in [2.75, 3.05) is 45.9 Å². The largest absolute Gasteiger partial charge is 0.491 e. The van der Waals surface area contributed by atoms with Crippen molar-refractivity contribution in [1.82, 2.24) is 25.8 Å². The number of amides is 5. The normalized spacial score (nSPS) is 22.4. The summed E-state index contributed by atoms with van der Waals surface area (Å²) in [6.07, 6.45) is 0.117. The first-order valence-corrected chi connectivity index (χ1v) is 11.5. The third-order valence-electron chi connectivity index (χ3n) is 5.87. The first-order chi connectivity index (χ1) is 16.8. The van der Waals surface area contributed by atoms with Crippen LogP contribution in [0.25, 0.3) is 0 Å². The molecule has 2 aliphatic rings. The van der Waals surface area contributed by atoms with Gasteiger partial charge in [-0.2, -0.15) is 0 Å². The number of ether oxygens (including phenoxy) is 1. The Hall–Kier alpha value is -3.67. The molecule has 12 nitrogen and oxygen atoms in total. The minimum Gasteiger partial charge on any atom is -0.491 e. The number of hydrogen-bond donors (Lipinski definition) is 4. The molecule has 3 rings (SSSR count). The van der Waals surface area contributed by atoms with Gasteiger partial charge in [0.05, 0.1) is 25.1 Å². The number of para-hydroxylation sites is 1. The highest BCUT2D eigenvalue weighted by atomic mass is 16.5. The van der Waals surface area contributed by atoms with Gasteiger partial charge in [0.15, 0.2) is 0 Å². The van der Waals surface area contributed by atoms with E-state index in [1.807, 2.05) is 0 Å². The summed E-state index contributed by atoms with van der Waals surface area (Å²) in [6, 6.07) is 4.01. The van der Waals surface area contributed by atoms with Crippen LogP contribution in [-0.4, -0.2) is 102 Å². The lowest BCUT2D eigenvalue weighted by atomic mass is 10.1. The van der Waals surface area contributed by atoms with E-state index in [0.717, 1.165) is 0 Å². The van der Waals surface area contributed by atoms with Crippen LogP contribution >= 0.6 is 0 Å². The molecule has 1 fully saturated rings. The van der Waals surface area contributed by atoms with Crippen molar-refractivity contribution >= 4 is 29.5 Å². The van der Waals surface area contributed by atoms with Crippen molar-refractivity contribution in [3.63, 3.8) is 0 Å². The number of rotatable bonds is 2. The highest BCUT2D eigenvalue weighted by Crippen LogP contribution is 2.18. The molecule has 0 radical (unpaired) electrons. The molecular weight excluding hydrogens is 458 g/mol. The number of aliphatic hydroxyl groups excluding tert-OH is 1. The average Bonchev–Trinajstić information content (AvgIpc) is 3.10. The molecule has 4 N–H and O–H groups in total. The molecule has 5 amide bonds. The van der Waals surface area contributed by atoms with Crippen LogP contribution in [-0.2, 0) is 19.2 Å². The summed E-state index contributed by atoms with van der Waals surface area (Å²) >= 11 is 0. The van der Waals surface area contributed by atoms with Gasteiger partial charge >= 0.3 is 0 Å². The minimum absolute atomic E-state index is 0.0465. The summed E-state index contributed by atoms with van der Waals surface area (Å²) in [7, 11) is 0. The Morgan fingerprint density at radius 3 is 2.51 bits per heavy atom. The van der Waals surface area contributed by atoms with Crippen molar-refractivity contribution in [1.29, 1.82) is 0 Å². The third-order valence-corrected chi connectivity index (χ3v) is 5.87. The molecule has 35 heavy (non-hydrogen) atoms. The number of carbonyl (C=O) groups is 5. The average molecular weight is 490 g/mol. The molecule has 1 saturated heterocycles. The van der Waals surface area contributed by atoms with Gasteiger partial charge in [0.1, 0.15) is 24.4 Å². The number of benzene rings is 1. The zero-order valence-electron chi connectivity index (χ0n) is 19.6. The summed E-state index contributed by atoms with van der Waals surface area (Å²) in [4.78, 5) is 66.5. The fraction of sp³-hybridized carbons (Fsp3) is 0.522. The van der Waals surface area contributed by atoms with Gasteiger partial charge in [0, 0.05) is 33.1 Å². The summed E-state index contributed by atoms with van der Waals surface area (Å²) in [5.41, 5.74) is 0.181. The van der Waals surface area contributed by atoms with E-state index in [-0.39, 0.29) is 36.9 Å². The smallest absolute Gasteiger partial charge is 0.255 e. The first-order valence-electron chi connectivity index (χ1n) is 11.5. The number of nitrogens with zero attached hydrogens (tertiary/aromatic N) is 2. The van der Waals surface area contributed by atoms with Crippen LogP contribution in [0, 0.1) is 0 Å². The topological polar surface area (TPSA) is 157 Å². The van der Waals surface area contributed by atoms with E-state index < -0.39 is 48.7 Å². The zero-order chi connectivity index (χ0) is 25.4. The molecule has 0 saturated carbocycles. The van der Waals surface area contributed by atoms with Crippen molar-refractivity contribution < 1.29 is 33.8 Å². The van der Waals surface area contributed by atoms with Gasteiger partial charge in [0.25, 0.3) is 5.91 Å². The van der Waals surface area contributed by atoms with Crippen LogP contribution in [0.15, 0.2) is 24.3 Å². The van der Waals surface area contributed by atoms with Gasteiger partial charge in [-0.3, -0.25) is 24.0 Å². The molecule has 0 bridgehead atoms. The second-order valence-corrected chi connectivity index (χ2v) is 8.35. The van der Waals surface area contributed by atoms with Crippen molar-refractivity contribution in [2.45, 2.75) is 31.8 Å². The molecule has 12 heteroatoms. The van der Waals surface area contributed by atoms with Crippen LogP contribution in [0.3, 0.4) is 0 Å². The molecule has 2 heterocycles. The Kier molecular flexibility index (Phi) is 9.01. The predicted molar refractivity (Wildman–Crippen MR) is 123 cm³/mol. The Morgan fingerprint density at radius 2 is 1.77 bits per heavy atom. The lowest BCUT2D eigenvalue weighted by Crippen LogP contribution is -2.54. The maximum absolute atomic E-state index is 13.4. The summed E-state index contributed by atoms with van der Waals surface area (Å²) in [5.74, 6) is -2.17. The second-order valence-electron chi connectivity index (χ2n) is 8.35. The monoisotopic (exact) mass is 489 g/mol. The van der Waals surface area contributed by atoms with E-state index in [9.17, 15) is 29.1 Å². The lowest BCUT2D eigenvalue weighted by Gasteiger charge is -2.27. The van der Waals surface area contributed by atoms with Gasteiger partial charge in [0.2, 0.25) is 23.6 Å². The van der Waals surface area contributed by atoms with Crippen LogP contribution < -0.4 is 20.7 Å². The molecular formula is C23H31N5O7. The fourth-order valence-corrected chi connectivity index (χ4v) is 3.98. The molecule has 0 spiro atoms. The fourth-order valence-electron chi connectivity index (χ4n) is 3.98. The van der Waals surface area contributed by atoms with E-state index in [4.69, 9.17) is 4.74 Å². The van der Waals surface area contributed by atoms with E-state index in [1.54, 1.807) is 23.1 Å². The molecule has 0 aliphatic carbocycles. The maximum Gasteiger partial charge on any atom is 0.255 e. The standard InChI is InChI=1S/C23H31N5O7/c1-15(30)27-8-4-9-28(11-10-27)23(34)17-13-20(31)25-18(14-29)22(33)24-7-12-35-19-6-3-2-5-16(19)21(32)26-17/h2-3,5-6,17-18,29H,4,7-14H2,1H3,(H,24,33)(H,25,31)(H,26,32)/t17-,18-/m0/s1. The van der Waals surface area contributed by atoms with E-state index in [1.165, 1.54) is 17.9 Å². The Balaban J connectivity index is 1.86. The lowest BCUT2D eigenvalue weighted by molar-refractivity contribution is -0.137. The highest BCUT2D eigenvalue weighted by molar-refractivity contribution is 6.01. The number of carbonyl (C=O) groups excluding carboxylic acids is 5.